The third kappa shape index (κ3) is 4.44. The van der Waals surface area contributed by atoms with E-state index in [2.05, 4.69) is 41.2 Å². The van der Waals surface area contributed by atoms with Crippen LogP contribution < -0.4 is 10.2 Å². The molecule has 3 fully saturated rings. The van der Waals surface area contributed by atoms with Gasteiger partial charge in [-0.25, -0.2) is 4.79 Å². The molecule has 1 atom stereocenters. The van der Waals surface area contributed by atoms with Crippen molar-refractivity contribution in [3.8, 4) is 0 Å². The van der Waals surface area contributed by atoms with E-state index in [1.165, 1.54) is 31.6 Å². The molecule has 0 bridgehead atoms. The number of ether oxygens (including phenoxy) is 1. The summed E-state index contributed by atoms with van der Waals surface area (Å²) in [7, 11) is 2.21. The van der Waals surface area contributed by atoms with Crippen molar-refractivity contribution in [3.63, 3.8) is 0 Å². The Labute approximate surface area is 168 Å². The van der Waals surface area contributed by atoms with Gasteiger partial charge in [-0.05, 0) is 82.4 Å². The Morgan fingerprint density at radius 2 is 1.68 bits per heavy atom. The highest BCUT2D eigenvalue weighted by atomic mass is 16.5. The summed E-state index contributed by atoms with van der Waals surface area (Å²) >= 11 is 0. The quantitative estimate of drug-likeness (QED) is 0.848. The lowest BCUT2D eigenvalue weighted by Gasteiger charge is -2.46. The molecule has 2 amide bonds. The van der Waals surface area contributed by atoms with Crippen LogP contribution >= 0.6 is 0 Å². The lowest BCUT2D eigenvalue weighted by atomic mass is 9.71. The zero-order chi connectivity index (χ0) is 19.6. The molecule has 0 aromatic heterocycles. The van der Waals surface area contributed by atoms with Gasteiger partial charge in [0.05, 0.1) is 12.7 Å². The first-order valence-corrected chi connectivity index (χ1v) is 10.7. The van der Waals surface area contributed by atoms with E-state index >= 15 is 0 Å². The molecule has 6 heteroatoms. The van der Waals surface area contributed by atoms with E-state index in [-0.39, 0.29) is 12.1 Å². The Hall–Kier alpha value is -1.79. The molecule has 3 heterocycles. The molecule has 0 radical (unpaired) electrons. The predicted molar refractivity (Wildman–Crippen MR) is 113 cm³/mol. The summed E-state index contributed by atoms with van der Waals surface area (Å²) in [4.78, 5) is 19.4. The first kappa shape index (κ1) is 19.5. The Morgan fingerprint density at radius 3 is 2.32 bits per heavy atom. The molecule has 0 aliphatic carbocycles. The molecule has 154 valence electrons. The van der Waals surface area contributed by atoms with Crippen molar-refractivity contribution in [2.24, 2.45) is 5.41 Å². The van der Waals surface area contributed by atoms with Gasteiger partial charge in [-0.1, -0.05) is 0 Å². The Bertz CT molecular complexity index is 660. The summed E-state index contributed by atoms with van der Waals surface area (Å²) in [6.45, 7) is 8.85. The van der Waals surface area contributed by atoms with Gasteiger partial charge in [0.15, 0.2) is 0 Å². The van der Waals surface area contributed by atoms with E-state index in [0.29, 0.717) is 5.41 Å². The van der Waals surface area contributed by atoms with Gasteiger partial charge >= 0.3 is 6.03 Å². The van der Waals surface area contributed by atoms with Crippen LogP contribution in [-0.4, -0.2) is 74.9 Å². The van der Waals surface area contributed by atoms with Gasteiger partial charge in [0.1, 0.15) is 0 Å². The first-order valence-electron chi connectivity index (χ1n) is 10.7. The number of carbonyl (C=O) groups excluding carboxylic acids is 1. The summed E-state index contributed by atoms with van der Waals surface area (Å²) in [6.07, 6.45) is 5.10. The number of anilines is 2. The van der Waals surface area contributed by atoms with Crippen molar-refractivity contribution in [3.05, 3.63) is 24.3 Å². The minimum Gasteiger partial charge on any atom is -0.375 e. The molecule has 1 unspecified atom stereocenters. The van der Waals surface area contributed by atoms with Gasteiger partial charge in [-0.15, -0.1) is 0 Å². The molecule has 28 heavy (non-hydrogen) atoms. The number of likely N-dealkylation sites (tertiary alicyclic amines) is 2. The number of amides is 2. The summed E-state index contributed by atoms with van der Waals surface area (Å²) in [6, 6.07) is 8.25. The van der Waals surface area contributed by atoms with Crippen LogP contribution in [0.4, 0.5) is 16.2 Å². The molecule has 3 aliphatic rings. The number of nitrogens with one attached hydrogen (secondary N) is 1. The second-order valence-electron chi connectivity index (χ2n) is 8.89. The first-order chi connectivity index (χ1) is 13.5. The Balaban J connectivity index is 1.28. The van der Waals surface area contributed by atoms with Crippen LogP contribution in [0.2, 0.25) is 0 Å². The third-order valence-electron chi connectivity index (χ3n) is 6.88. The molecular formula is C22H34N4O2. The average molecular weight is 387 g/mol. The molecule has 0 saturated carbocycles. The number of rotatable bonds is 2. The lowest BCUT2D eigenvalue weighted by Crippen LogP contribution is -2.48. The fraction of sp³-hybridized carbons (Fsp3) is 0.682. The van der Waals surface area contributed by atoms with Gasteiger partial charge in [-0.3, -0.25) is 0 Å². The van der Waals surface area contributed by atoms with Crippen molar-refractivity contribution in [1.29, 1.82) is 0 Å². The van der Waals surface area contributed by atoms with Crippen LogP contribution in [0.1, 0.15) is 32.6 Å². The second-order valence-corrected chi connectivity index (χ2v) is 8.89. The average Bonchev–Trinajstić information content (AvgIpc) is 2.71. The number of carbonyl (C=O) groups is 1. The fourth-order valence-electron chi connectivity index (χ4n) is 4.79. The maximum Gasteiger partial charge on any atom is 0.321 e. The maximum absolute atomic E-state index is 12.7. The van der Waals surface area contributed by atoms with Gasteiger partial charge in [0.2, 0.25) is 0 Å². The second kappa shape index (κ2) is 8.29. The summed E-state index contributed by atoms with van der Waals surface area (Å²) in [5.74, 6) is 0. The lowest BCUT2D eigenvalue weighted by molar-refractivity contribution is 0.0532. The number of benzene rings is 1. The highest BCUT2D eigenvalue weighted by Crippen LogP contribution is 2.41. The molecule has 1 N–H and O–H groups in total. The fourth-order valence-corrected chi connectivity index (χ4v) is 4.79. The molecule has 4 rings (SSSR count). The van der Waals surface area contributed by atoms with Crippen molar-refractivity contribution in [2.75, 3.05) is 63.1 Å². The molecule has 1 spiro atoms. The minimum absolute atomic E-state index is 0.0375. The topological polar surface area (TPSA) is 48.1 Å². The van der Waals surface area contributed by atoms with E-state index in [1.807, 2.05) is 17.0 Å². The van der Waals surface area contributed by atoms with Crippen molar-refractivity contribution in [1.82, 2.24) is 9.80 Å². The molecule has 1 aromatic rings. The van der Waals surface area contributed by atoms with Crippen LogP contribution in [-0.2, 0) is 4.74 Å². The van der Waals surface area contributed by atoms with Crippen LogP contribution in [0.25, 0.3) is 0 Å². The summed E-state index contributed by atoms with van der Waals surface area (Å²) in [5.41, 5.74) is 2.53. The Kier molecular flexibility index (Phi) is 5.78. The SMILES string of the molecule is CC1CN(c2ccc(NC(=O)N3CCC4(CCN(C)CC4)CC3)cc2)CCO1. The molecule has 3 saturated heterocycles. The van der Waals surface area contributed by atoms with E-state index in [0.717, 1.165) is 51.3 Å². The van der Waals surface area contributed by atoms with Gasteiger partial charge in [0, 0.05) is 37.6 Å². The number of morpholine rings is 1. The molecule has 1 aromatic carbocycles. The number of hydrogen-bond donors (Lipinski definition) is 1. The van der Waals surface area contributed by atoms with Crippen molar-refractivity contribution >= 4 is 17.4 Å². The standard InChI is InChI=1S/C22H34N4O2/c1-18-17-26(15-16-28-18)20-5-3-19(4-6-20)23-21(27)25-13-9-22(10-14-25)7-11-24(2)12-8-22/h3-6,18H,7-17H2,1-2H3,(H,23,27). The van der Waals surface area contributed by atoms with E-state index in [4.69, 9.17) is 4.74 Å². The number of nitrogens with zero attached hydrogens (tertiary/aromatic N) is 3. The number of urea groups is 1. The van der Waals surface area contributed by atoms with Crippen LogP contribution in [0.15, 0.2) is 24.3 Å². The van der Waals surface area contributed by atoms with Gasteiger partial charge in [0.25, 0.3) is 0 Å². The third-order valence-corrected chi connectivity index (χ3v) is 6.88. The van der Waals surface area contributed by atoms with Crippen molar-refractivity contribution < 1.29 is 9.53 Å². The summed E-state index contributed by atoms with van der Waals surface area (Å²) < 4.78 is 5.61. The zero-order valence-corrected chi connectivity index (χ0v) is 17.3. The summed E-state index contributed by atoms with van der Waals surface area (Å²) in [5, 5.41) is 3.08. The van der Waals surface area contributed by atoms with Crippen LogP contribution in [0.3, 0.4) is 0 Å². The molecule has 3 aliphatic heterocycles. The normalized spacial score (nSPS) is 25.7. The van der Waals surface area contributed by atoms with Crippen LogP contribution in [0, 0.1) is 5.41 Å². The van der Waals surface area contributed by atoms with Crippen molar-refractivity contribution in [2.45, 2.75) is 38.7 Å². The highest BCUT2D eigenvalue weighted by molar-refractivity contribution is 5.89. The smallest absolute Gasteiger partial charge is 0.321 e. The zero-order valence-electron chi connectivity index (χ0n) is 17.3. The number of piperidine rings is 2. The number of hydrogen-bond acceptors (Lipinski definition) is 4. The van der Waals surface area contributed by atoms with E-state index in [1.54, 1.807) is 0 Å². The molecular weight excluding hydrogens is 352 g/mol. The largest absolute Gasteiger partial charge is 0.375 e. The monoisotopic (exact) mass is 386 g/mol. The maximum atomic E-state index is 12.7. The van der Waals surface area contributed by atoms with E-state index in [9.17, 15) is 4.79 Å². The minimum atomic E-state index is 0.0375. The van der Waals surface area contributed by atoms with Gasteiger partial charge in [-0.2, -0.15) is 0 Å². The highest BCUT2D eigenvalue weighted by Gasteiger charge is 2.37. The van der Waals surface area contributed by atoms with Crippen LogP contribution in [0.5, 0.6) is 0 Å². The van der Waals surface area contributed by atoms with E-state index < -0.39 is 0 Å². The Morgan fingerprint density at radius 1 is 1.04 bits per heavy atom. The van der Waals surface area contributed by atoms with Gasteiger partial charge < -0.3 is 24.8 Å². The predicted octanol–water partition coefficient (Wildman–Crippen LogP) is 3.25. The molecule has 6 nitrogen and oxygen atoms in total.